The molecule has 66 heavy (non-hydrogen) atoms. The van der Waals surface area contributed by atoms with Crippen molar-refractivity contribution in [3.8, 4) is 0 Å². The minimum atomic E-state index is -4.23. The molecule has 0 radical (unpaired) electrons. The van der Waals surface area contributed by atoms with Gasteiger partial charge in [-0.05, 0) is 52.5 Å². The van der Waals surface area contributed by atoms with Crippen molar-refractivity contribution in [2.24, 2.45) is 0 Å². The van der Waals surface area contributed by atoms with Crippen LogP contribution in [0.5, 0.6) is 0 Å². The van der Waals surface area contributed by atoms with E-state index in [0.717, 1.165) is 57.8 Å². The van der Waals surface area contributed by atoms with Crippen molar-refractivity contribution in [1.29, 1.82) is 0 Å². The van der Waals surface area contributed by atoms with Crippen LogP contribution in [-0.2, 0) is 37.2 Å². The zero-order valence-electron chi connectivity index (χ0n) is 43.6. The van der Waals surface area contributed by atoms with Crippen molar-refractivity contribution < 1.29 is 42.0 Å². The first-order valence-corrected chi connectivity index (χ1v) is 28.6. The topological polar surface area (TPSA) is 138 Å². The maximum atomic E-state index is 14.0. The summed E-state index contributed by atoms with van der Waals surface area (Å²) in [6.07, 6.45) is 42.1. The van der Waals surface area contributed by atoms with E-state index >= 15 is 0 Å². The molecular formula is C54H103N2O9P. The molecule has 11 nitrogen and oxygen atoms in total. The number of unbranched alkanes of at least 4 members (excludes halogenated alkanes) is 29. The zero-order valence-corrected chi connectivity index (χ0v) is 44.5. The Morgan fingerprint density at radius 2 is 1.03 bits per heavy atom. The first-order chi connectivity index (χ1) is 31.9. The van der Waals surface area contributed by atoms with Gasteiger partial charge < -0.3 is 20.1 Å². The van der Waals surface area contributed by atoms with Gasteiger partial charge in [0.25, 0.3) is 0 Å². The van der Waals surface area contributed by atoms with Crippen LogP contribution in [0.4, 0.5) is 4.79 Å². The van der Waals surface area contributed by atoms with E-state index in [1.807, 2.05) is 12.2 Å². The highest BCUT2D eigenvalue weighted by molar-refractivity contribution is 7.48. The van der Waals surface area contributed by atoms with Crippen LogP contribution in [0.3, 0.4) is 0 Å². The number of amides is 2. The first-order valence-electron chi connectivity index (χ1n) is 27.2. The predicted octanol–water partition coefficient (Wildman–Crippen LogP) is 16.1. The van der Waals surface area contributed by atoms with Crippen LogP contribution >= 0.6 is 7.82 Å². The van der Waals surface area contributed by atoms with E-state index in [0.29, 0.717) is 6.42 Å². The Bertz CT molecular complexity index is 1240. The predicted molar refractivity (Wildman–Crippen MR) is 275 cm³/mol. The van der Waals surface area contributed by atoms with Gasteiger partial charge in [-0.2, -0.15) is 0 Å². The van der Waals surface area contributed by atoms with Crippen molar-refractivity contribution in [2.75, 3.05) is 26.4 Å². The molecule has 0 heterocycles. The standard InChI is InChI=1S/C54H103N2O9P/c1-8-12-15-18-21-24-26-27-29-31-33-36-39-42-50(64-52(58)44-41-38-35-30-23-20-17-14-10-3)49(56-51(57)43-40-37-34-32-28-25-22-19-16-13-9-2)48-63-66(60,61-46-11-4)62-47-45-55-53(59)65-54(5,6)7/h11,39,42,49-50H,4,8-10,12-38,40-41,43-48H2,1-3,5-7H3,(H,55,59)(H,56,57)/b42-39+/t49-,50+,66?/m0/s1. The summed E-state index contributed by atoms with van der Waals surface area (Å²) in [5.74, 6) is -0.537. The van der Waals surface area contributed by atoms with Crippen LogP contribution in [0.25, 0.3) is 0 Å². The van der Waals surface area contributed by atoms with Gasteiger partial charge in [0, 0.05) is 19.4 Å². The average molecular weight is 955 g/mol. The van der Waals surface area contributed by atoms with Gasteiger partial charge in [0.15, 0.2) is 0 Å². The van der Waals surface area contributed by atoms with Crippen LogP contribution in [0.1, 0.15) is 260 Å². The monoisotopic (exact) mass is 955 g/mol. The third-order valence-electron chi connectivity index (χ3n) is 11.6. The third kappa shape index (κ3) is 43.1. The summed E-state index contributed by atoms with van der Waals surface area (Å²) in [4.78, 5) is 39.2. The molecule has 0 aromatic heterocycles. The number of ether oxygens (including phenoxy) is 2. The van der Waals surface area contributed by atoms with Crippen LogP contribution in [-0.4, -0.2) is 62.1 Å². The molecule has 0 bridgehead atoms. The van der Waals surface area contributed by atoms with Crippen molar-refractivity contribution in [2.45, 2.75) is 278 Å². The van der Waals surface area contributed by atoms with E-state index in [1.165, 1.54) is 154 Å². The highest BCUT2D eigenvalue weighted by Crippen LogP contribution is 2.49. The highest BCUT2D eigenvalue weighted by Gasteiger charge is 2.32. The highest BCUT2D eigenvalue weighted by atomic mass is 31.2. The number of allylic oxidation sites excluding steroid dienone is 1. The van der Waals surface area contributed by atoms with E-state index in [9.17, 15) is 18.9 Å². The molecular weight excluding hydrogens is 852 g/mol. The second-order valence-electron chi connectivity index (χ2n) is 19.3. The smallest absolute Gasteiger partial charge is 0.456 e. The second kappa shape index (κ2) is 45.3. The number of esters is 1. The number of hydrogen-bond acceptors (Lipinski definition) is 9. The van der Waals surface area contributed by atoms with Gasteiger partial charge in [-0.1, -0.05) is 213 Å². The lowest BCUT2D eigenvalue weighted by Gasteiger charge is -2.27. The molecule has 0 aliphatic heterocycles. The molecule has 388 valence electrons. The fourth-order valence-corrected chi connectivity index (χ4v) is 8.87. The van der Waals surface area contributed by atoms with Crippen molar-refractivity contribution in [1.82, 2.24) is 10.6 Å². The lowest BCUT2D eigenvalue weighted by atomic mass is 10.0. The molecule has 0 saturated heterocycles. The molecule has 2 N–H and O–H groups in total. The lowest BCUT2D eigenvalue weighted by Crippen LogP contribution is -2.47. The minimum Gasteiger partial charge on any atom is -0.456 e. The van der Waals surface area contributed by atoms with Crippen molar-refractivity contribution in [3.63, 3.8) is 0 Å². The molecule has 0 spiro atoms. The molecule has 0 rings (SSSR count). The van der Waals surface area contributed by atoms with Gasteiger partial charge in [0.1, 0.15) is 11.7 Å². The number of phosphoric acid groups is 1. The van der Waals surface area contributed by atoms with Crippen LogP contribution < -0.4 is 10.6 Å². The number of carbonyl (C=O) groups is 3. The number of phosphoric ester groups is 1. The quantitative estimate of drug-likeness (QED) is 0.0264. The molecule has 0 aliphatic rings. The van der Waals surface area contributed by atoms with E-state index < -0.39 is 31.7 Å². The molecule has 0 aliphatic carbocycles. The van der Waals surface area contributed by atoms with Gasteiger partial charge in [-0.3, -0.25) is 23.2 Å². The normalized spacial score (nSPS) is 13.6. The van der Waals surface area contributed by atoms with Crippen LogP contribution in [0, 0.1) is 0 Å². The molecule has 0 fully saturated rings. The van der Waals surface area contributed by atoms with Gasteiger partial charge in [-0.15, -0.1) is 6.58 Å². The minimum absolute atomic E-state index is 0.0142. The summed E-state index contributed by atoms with van der Waals surface area (Å²) in [6, 6.07) is -0.866. The van der Waals surface area contributed by atoms with Gasteiger partial charge in [0.05, 0.1) is 25.9 Å². The molecule has 3 atom stereocenters. The summed E-state index contributed by atoms with van der Waals surface area (Å²) in [5.41, 5.74) is -0.682. The molecule has 0 aromatic rings. The Labute approximate surface area is 405 Å². The van der Waals surface area contributed by atoms with E-state index in [-0.39, 0.29) is 44.7 Å². The third-order valence-corrected chi connectivity index (χ3v) is 13.0. The SMILES string of the molecule is C=CCOP(=O)(OCCNC(=O)OC(C)(C)C)OC[C@H](NC(=O)CCCCCCCCCCCCC)[C@@H](/C=C/CCCCCCCCCCCCC)OC(=O)CCCCCCCCCCC. The molecule has 12 heteroatoms. The number of hydrogen-bond donors (Lipinski definition) is 2. The first kappa shape index (κ1) is 63.8. The Hall–Kier alpha value is -2.20. The van der Waals surface area contributed by atoms with Crippen molar-refractivity contribution in [3.05, 3.63) is 24.8 Å². The summed E-state index contributed by atoms with van der Waals surface area (Å²) in [7, 11) is -4.23. The Balaban J connectivity index is 5.86. The maximum Gasteiger partial charge on any atom is 0.475 e. The summed E-state index contributed by atoms with van der Waals surface area (Å²) < 4.78 is 42.5. The summed E-state index contributed by atoms with van der Waals surface area (Å²) >= 11 is 0. The number of alkyl carbamates (subject to hydrolysis) is 1. The summed E-state index contributed by atoms with van der Waals surface area (Å²) in [6.45, 7) is 15.0. The van der Waals surface area contributed by atoms with Gasteiger partial charge in [-0.25, -0.2) is 9.36 Å². The van der Waals surface area contributed by atoms with E-state index in [2.05, 4.69) is 38.0 Å². The van der Waals surface area contributed by atoms with Gasteiger partial charge in [0.2, 0.25) is 5.91 Å². The maximum absolute atomic E-state index is 14.0. The van der Waals surface area contributed by atoms with E-state index in [4.69, 9.17) is 23.0 Å². The number of rotatable bonds is 48. The van der Waals surface area contributed by atoms with Gasteiger partial charge >= 0.3 is 19.9 Å². The summed E-state index contributed by atoms with van der Waals surface area (Å²) in [5, 5.41) is 5.65. The van der Waals surface area contributed by atoms with E-state index in [1.54, 1.807) is 20.8 Å². The zero-order chi connectivity index (χ0) is 48.8. The molecule has 0 aromatic carbocycles. The number of nitrogens with one attached hydrogen (secondary N) is 2. The Morgan fingerprint density at radius 3 is 1.48 bits per heavy atom. The molecule has 2 amide bonds. The van der Waals surface area contributed by atoms with Crippen molar-refractivity contribution >= 4 is 25.8 Å². The fourth-order valence-electron chi connectivity index (χ4n) is 7.70. The fraction of sp³-hybridized carbons (Fsp3) is 0.870. The second-order valence-corrected chi connectivity index (χ2v) is 21.0. The largest absolute Gasteiger partial charge is 0.475 e. The van der Waals surface area contributed by atoms with Crippen LogP contribution in [0.2, 0.25) is 0 Å². The average Bonchev–Trinajstić information content (AvgIpc) is 3.27. The van der Waals surface area contributed by atoms with Crippen LogP contribution in [0.15, 0.2) is 24.8 Å². The Kier molecular flexibility index (Phi) is 43.7. The Morgan fingerprint density at radius 1 is 0.591 bits per heavy atom. The lowest BCUT2D eigenvalue weighted by molar-refractivity contribution is -0.149. The number of carbonyl (C=O) groups excluding carboxylic acids is 3. The molecule has 1 unspecified atom stereocenters. The molecule has 0 saturated carbocycles.